The van der Waals surface area contributed by atoms with Gasteiger partial charge < -0.3 is 4.90 Å². The van der Waals surface area contributed by atoms with Gasteiger partial charge in [0.25, 0.3) is 0 Å². The summed E-state index contributed by atoms with van der Waals surface area (Å²) in [5.74, 6) is 0. The SMILES string of the molecule is Cc1cccc(N(c2ccc(C=Cc3ccc4ccc5cccc6ccc3c4c56)cc2)c2cccc(C)c2)c1. The Hall–Kier alpha value is -4.88. The van der Waals surface area contributed by atoms with Gasteiger partial charge in [-0.1, -0.05) is 103 Å². The van der Waals surface area contributed by atoms with E-state index in [0.29, 0.717) is 0 Å². The highest BCUT2D eigenvalue weighted by atomic mass is 15.1. The minimum Gasteiger partial charge on any atom is -0.310 e. The predicted octanol–water partition coefficient (Wildman–Crippen LogP) is 10.8. The van der Waals surface area contributed by atoms with Crippen LogP contribution in [-0.4, -0.2) is 0 Å². The average Bonchev–Trinajstić information content (AvgIpc) is 2.96. The van der Waals surface area contributed by atoms with Gasteiger partial charge in [-0.3, -0.25) is 0 Å². The molecule has 0 aliphatic heterocycles. The molecule has 1 heteroatoms. The molecule has 0 aliphatic rings. The number of hydrogen-bond donors (Lipinski definition) is 0. The van der Waals surface area contributed by atoms with E-state index in [1.807, 2.05) is 0 Å². The van der Waals surface area contributed by atoms with Gasteiger partial charge in [0.05, 0.1) is 0 Å². The summed E-state index contributed by atoms with van der Waals surface area (Å²) >= 11 is 0. The fourth-order valence-electron chi connectivity index (χ4n) is 5.81. The van der Waals surface area contributed by atoms with Gasteiger partial charge in [0.1, 0.15) is 0 Å². The van der Waals surface area contributed by atoms with Crippen LogP contribution >= 0.6 is 0 Å². The summed E-state index contributed by atoms with van der Waals surface area (Å²) in [6, 6.07) is 46.3. The monoisotopic (exact) mass is 499 g/mol. The molecule has 186 valence electrons. The van der Waals surface area contributed by atoms with Crippen molar-refractivity contribution in [2.24, 2.45) is 0 Å². The summed E-state index contributed by atoms with van der Waals surface area (Å²) in [6.45, 7) is 4.29. The largest absolute Gasteiger partial charge is 0.310 e. The van der Waals surface area contributed by atoms with E-state index >= 15 is 0 Å². The van der Waals surface area contributed by atoms with Crippen LogP contribution in [-0.2, 0) is 0 Å². The maximum Gasteiger partial charge on any atom is 0.0464 e. The Labute approximate surface area is 229 Å². The Morgan fingerprint density at radius 2 is 1.03 bits per heavy atom. The van der Waals surface area contributed by atoms with Crippen molar-refractivity contribution in [1.29, 1.82) is 0 Å². The molecule has 0 aliphatic carbocycles. The first-order chi connectivity index (χ1) is 19.1. The smallest absolute Gasteiger partial charge is 0.0464 e. The van der Waals surface area contributed by atoms with Crippen LogP contribution in [0.3, 0.4) is 0 Å². The molecular weight excluding hydrogens is 470 g/mol. The molecule has 0 N–H and O–H groups in total. The molecule has 0 atom stereocenters. The van der Waals surface area contributed by atoms with E-state index < -0.39 is 0 Å². The van der Waals surface area contributed by atoms with Crippen LogP contribution in [0.2, 0.25) is 0 Å². The predicted molar refractivity (Wildman–Crippen MR) is 170 cm³/mol. The second-order valence-electron chi connectivity index (χ2n) is 10.4. The van der Waals surface area contributed by atoms with Gasteiger partial charge in [-0.15, -0.1) is 0 Å². The summed E-state index contributed by atoms with van der Waals surface area (Å²) in [6.07, 6.45) is 4.47. The third kappa shape index (κ3) is 4.23. The molecule has 0 aromatic heterocycles. The van der Waals surface area contributed by atoms with Crippen molar-refractivity contribution in [1.82, 2.24) is 0 Å². The van der Waals surface area contributed by atoms with Crippen LogP contribution in [0.15, 0.2) is 127 Å². The lowest BCUT2D eigenvalue weighted by Gasteiger charge is -2.26. The molecule has 0 amide bonds. The second-order valence-corrected chi connectivity index (χ2v) is 10.4. The van der Waals surface area contributed by atoms with Gasteiger partial charge in [0.2, 0.25) is 0 Å². The zero-order valence-electron chi connectivity index (χ0n) is 22.2. The molecule has 0 heterocycles. The van der Waals surface area contributed by atoms with E-state index in [1.165, 1.54) is 54.6 Å². The third-order valence-corrected chi connectivity index (χ3v) is 7.69. The number of aryl methyl sites for hydroxylation is 2. The van der Waals surface area contributed by atoms with Crippen molar-refractivity contribution >= 4 is 61.5 Å². The first-order valence-electron chi connectivity index (χ1n) is 13.5. The molecule has 1 nitrogen and oxygen atoms in total. The fraction of sp³-hybridized carbons (Fsp3) is 0.0526. The molecule has 0 fully saturated rings. The highest BCUT2D eigenvalue weighted by molar-refractivity contribution is 6.24. The van der Waals surface area contributed by atoms with E-state index in [0.717, 1.165) is 17.1 Å². The van der Waals surface area contributed by atoms with E-state index in [-0.39, 0.29) is 0 Å². The molecule has 39 heavy (non-hydrogen) atoms. The first kappa shape index (κ1) is 23.3. The summed E-state index contributed by atoms with van der Waals surface area (Å²) < 4.78 is 0. The maximum atomic E-state index is 2.33. The Balaban J connectivity index is 1.26. The highest BCUT2D eigenvalue weighted by Gasteiger charge is 2.13. The Morgan fingerprint density at radius 1 is 0.462 bits per heavy atom. The van der Waals surface area contributed by atoms with E-state index in [2.05, 4.69) is 158 Å². The Bertz CT molecular complexity index is 1920. The van der Waals surface area contributed by atoms with Crippen LogP contribution < -0.4 is 4.90 Å². The zero-order valence-corrected chi connectivity index (χ0v) is 22.2. The lowest BCUT2D eigenvalue weighted by Crippen LogP contribution is -2.10. The first-order valence-corrected chi connectivity index (χ1v) is 13.5. The molecule has 0 unspecified atom stereocenters. The Kier molecular flexibility index (Phi) is 5.64. The van der Waals surface area contributed by atoms with Crippen LogP contribution in [0.5, 0.6) is 0 Å². The summed E-state index contributed by atoms with van der Waals surface area (Å²) in [5.41, 5.74) is 8.39. The van der Waals surface area contributed by atoms with Gasteiger partial charge in [0, 0.05) is 17.1 Å². The van der Waals surface area contributed by atoms with Crippen LogP contribution in [0, 0.1) is 13.8 Å². The number of hydrogen-bond acceptors (Lipinski definition) is 1. The average molecular weight is 500 g/mol. The molecular formula is C38H29N. The number of rotatable bonds is 5. The zero-order chi connectivity index (χ0) is 26.3. The third-order valence-electron chi connectivity index (χ3n) is 7.69. The lowest BCUT2D eigenvalue weighted by atomic mass is 9.92. The molecule has 7 aromatic carbocycles. The lowest BCUT2D eigenvalue weighted by molar-refractivity contribution is 1.26. The quantitative estimate of drug-likeness (QED) is 0.168. The van der Waals surface area contributed by atoms with E-state index in [1.54, 1.807) is 0 Å². The molecule has 7 aromatic rings. The van der Waals surface area contributed by atoms with Crippen molar-refractivity contribution in [2.75, 3.05) is 4.90 Å². The van der Waals surface area contributed by atoms with Gasteiger partial charge >= 0.3 is 0 Å². The second kappa shape index (κ2) is 9.45. The Morgan fingerprint density at radius 3 is 1.67 bits per heavy atom. The molecule has 0 spiro atoms. The van der Waals surface area contributed by atoms with Gasteiger partial charge in [-0.2, -0.15) is 0 Å². The fourth-order valence-corrected chi connectivity index (χ4v) is 5.81. The maximum absolute atomic E-state index is 2.33. The molecule has 0 saturated carbocycles. The number of anilines is 3. The van der Waals surface area contributed by atoms with Crippen molar-refractivity contribution in [3.8, 4) is 0 Å². The molecule has 7 rings (SSSR count). The van der Waals surface area contributed by atoms with Crippen molar-refractivity contribution in [3.05, 3.63) is 150 Å². The van der Waals surface area contributed by atoms with Crippen molar-refractivity contribution in [3.63, 3.8) is 0 Å². The summed E-state index contributed by atoms with van der Waals surface area (Å²) in [7, 11) is 0. The molecule has 0 bridgehead atoms. The normalized spacial score (nSPS) is 11.7. The minimum absolute atomic E-state index is 1.14. The molecule has 0 radical (unpaired) electrons. The summed E-state index contributed by atoms with van der Waals surface area (Å²) in [5, 5.41) is 7.91. The van der Waals surface area contributed by atoms with Gasteiger partial charge in [-0.05, 0) is 105 Å². The number of nitrogens with zero attached hydrogens (tertiary/aromatic N) is 1. The van der Waals surface area contributed by atoms with Crippen LogP contribution in [0.25, 0.3) is 44.5 Å². The molecule has 0 saturated heterocycles. The number of benzene rings is 7. The van der Waals surface area contributed by atoms with E-state index in [9.17, 15) is 0 Å². The van der Waals surface area contributed by atoms with Crippen LogP contribution in [0.1, 0.15) is 22.3 Å². The van der Waals surface area contributed by atoms with Crippen LogP contribution in [0.4, 0.5) is 17.1 Å². The van der Waals surface area contributed by atoms with Gasteiger partial charge in [-0.25, -0.2) is 0 Å². The minimum atomic E-state index is 1.14. The van der Waals surface area contributed by atoms with E-state index in [4.69, 9.17) is 0 Å². The summed E-state index contributed by atoms with van der Waals surface area (Å²) in [4.78, 5) is 2.33. The van der Waals surface area contributed by atoms with Gasteiger partial charge in [0.15, 0.2) is 0 Å². The highest BCUT2D eigenvalue weighted by Crippen LogP contribution is 2.37. The van der Waals surface area contributed by atoms with Crippen molar-refractivity contribution in [2.45, 2.75) is 13.8 Å². The van der Waals surface area contributed by atoms with Crippen molar-refractivity contribution < 1.29 is 0 Å². The topological polar surface area (TPSA) is 3.24 Å². The standard InChI is InChI=1S/C38H29N/c1-26-6-3-10-34(24-26)39(35-11-4-7-27(2)25-35)33-21-13-28(14-22-33)12-15-29-16-17-32-19-18-30-8-5-9-31-20-23-36(29)38(32)37(30)31/h3-25H,1-2H3.